The zero-order valence-electron chi connectivity index (χ0n) is 12.1. The Balaban J connectivity index is 2.66. The van der Waals surface area contributed by atoms with Crippen LogP contribution in [0.5, 0.6) is 5.75 Å². The van der Waals surface area contributed by atoms with E-state index in [9.17, 15) is 4.79 Å². The van der Waals surface area contributed by atoms with Crippen molar-refractivity contribution < 1.29 is 9.53 Å². The molecule has 0 heterocycles. The number of benzene rings is 1. The topological polar surface area (TPSA) is 38.3 Å². The fraction of sp³-hybridized carbons (Fsp3) is 0.533. The van der Waals surface area contributed by atoms with Crippen molar-refractivity contribution in [2.75, 3.05) is 0 Å². The Morgan fingerprint density at radius 3 is 2.33 bits per heavy atom. The van der Waals surface area contributed by atoms with E-state index in [1.807, 2.05) is 45.9 Å². The first kappa shape index (κ1) is 14.6. The summed E-state index contributed by atoms with van der Waals surface area (Å²) in [6.45, 7) is 11.7. The van der Waals surface area contributed by atoms with Crippen LogP contribution in [-0.2, 0) is 4.79 Å². The number of ether oxygens (including phenoxy) is 1. The Labute approximate surface area is 110 Å². The van der Waals surface area contributed by atoms with Gasteiger partial charge in [0.1, 0.15) is 5.75 Å². The summed E-state index contributed by atoms with van der Waals surface area (Å²) >= 11 is 0. The Kier molecular flexibility index (Phi) is 4.38. The van der Waals surface area contributed by atoms with E-state index >= 15 is 0 Å². The first-order chi connectivity index (χ1) is 8.19. The van der Waals surface area contributed by atoms with Gasteiger partial charge in [0.15, 0.2) is 6.10 Å². The molecule has 0 aliphatic carbocycles. The number of aryl methyl sites for hydroxylation is 2. The highest BCUT2D eigenvalue weighted by molar-refractivity contribution is 5.81. The first-order valence-electron chi connectivity index (χ1n) is 6.25. The number of nitrogens with one attached hydrogen (secondary N) is 1. The van der Waals surface area contributed by atoms with Crippen LogP contribution in [0.4, 0.5) is 0 Å². The normalized spacial score (nSPS) is 13.0. The van der Waals surface area contributed by atoms with Crippen LogP contribution in [0.2, 0.25) is 0 Å². The molecular formula is C15H23NO2. The van der Waals surface area contributed by atoms with Crippen molar-refractivity contribution in [3.05, 3.63) is 29.3 Å². The molecule has 1 amide bonds. The second-order valence-electron chi connectivity index (χ2n) is 5.75. The Hall–Kier alpha value is -1.51. The van der Waals surface area contributed by atoms with E-state index in [2.05, 4.69) is 12.2 Å². The van der Waals surface area contributed by atoms with E-state index < -0.39 is 6.10 Å². The summed E-state index contributed by atoms with van der Waals surface area (Å²) in [4.78, 5) is 11.9. The van der Waals surface area contributed by atoms with Crippen LogP contribution >= 0.6 is 0 Å². The molecule has 1 aromatic rings. The molecule has 1 N–H and O–H groups in total. The smallest absolute Gasteiger partial charge is 0.261 e. The van der Waals surface area contributed by atoms with Crippen molar-refractivity contribution in [1.29, 1.82) is 0 Å². The van der Waals surface area contributed by atoms with Gasteiger partial charge in [-0.05, 0) is 64.8 Å². The van der Waals surface area contributed by atoms with Gasteiger partial charge in [-0.15, -0.1) is 0 Å². The average molecular weight is 249 g/mol. The van der Waals surface area contributed by atoms with Crippen molar-refractivity contribution in [2.45, 2.75) is 53.2 Å². The minimum atomic E-state index is -0.494. The highest BCUT2D eigenvalue weighted by Crippen LogP contribution is 2.17. The van der Waals surface area contributed by atoms with Gasteiger partial charge in [0.2, 0.25) is 0 Å². The number of hydrogen-bond acceptors (Lipinski definition) is 2. The summed E-state index contributed by atoms with van der Waals surface area (Å²) in [6.07, 6.45) is -0.494. The van der Waals surface area contributed by atoms with Crippen LogP contribution in [0.25, 0.3) is 0 Å². The van der Waals surface area contributed by atoms with Gasteiger partial charge in [-0.3, -0.25) is 4.79 Å². The van der Waals surface area contributed by atoms with E-state index in [-0.39, 0.29) is 11.4 Å². The van der Waals surface area contributed by atoms with Crippen molar-refractivity contribution in [1.82, 2.24) is 5.32 Å². The Bertz CT molecular complexity index is 433. The van der Waals surface area contributed by atoms with Gasteiger partial charge in [0.25, 0.3) is 5.91 Å². The monoisotopic (exact) mass is 249 g/mol. The predicted octanol–water partition coefficient (Wildman–Crippen LogP) is 2.99. The van der Waals surface area contributed by atoms with Crippen molar-refractivity contribution >= 4 is 5.91 Å². The van der Waals surface area contributed by atoms with Gasteiger partial charge in [0, 0.05) is 5.54 Å². The van der Waals surface area contributed by atoms with Gasteiger partial charge >= 0.3 is 0 Å². The number of amides is 1. The molecule has 1 unspecified atom stereocenters. The third-order valence-corrected chi connectivity index (χ3v) is 2.66. The predicted molar refractivity (Wildman–Crippen MR) is 73.9 cm³/mol. The minimum absolute atomic E-state index is 0.0965. The highest BCUT2D eigenvalue weighted by atomic mass is 16.5. The van der Waals surface area contributed by atoms with Crippen LogP contribution in [0.3, 0.4) is 0 Å². The lowest BCUT2D eigenvalue weighted by Crippen LogP contribution is -2.46. The molecule has 1 atom stereocenters. The van der Waals surface area contributed by atoms with Crippen LogP contribution in [0, 0.1) is 13.8 Å². The first-order valence-corrected chi connectivity index (χ1v) is 6.25. The van der Waals surface area contributed by atoms with E-state index in [4.69, 9.17) is 4.74 Å². The molecule has 0 fully saturated rings. The fourth-order valence-electron chi connectivity index (χ4n) is 1.52. The van der Waals surface area contributed by atoms with E-state index in [1.54, 1.807) is 6.92 Å². The maximum absolute atomic E-state index is 11.9. The maximum atomic E-state index is 11.9. The largest absolute Gasteiger partial charge is 0.481 e. The fourth-order valence-corrected chi connectivity index (χ4v) is 1.52. The molecule has 0 saturated carbocycles. The second-order valence-corrected chi connectivity index (χ2v) is 5.75. The number of carbonyl (C=O) groups is 1. The lowest BCUT2D eigenvalue weighted by molar-refractivity contribution is -0.128. The molecule has 18 heavy (non-hydrogen) atoms. The van der Waals surface area contributed by atoms with Crippen LogP contribution < -0.4 is 10.1 Å². The zero-order chi connectivity index (χ0) is 13.9. The van der Waals surface area contributed by atoms with Gasteiger partial charge in [-0.2, -0.15) is 0 Å². The van der Waals surface area contributed by atoms with Gasteiger partial charge in [-0.25, -0.2) is 0 Å². The summed E-state index contributed by atoms with van der Waals surface area (Å²) in [7, 11) is 0. The standard InChI is InChI=1S/C15H23NO2/c1-10-7-8-13(9-11(10)2)18-12(3)14(17)16-15(4,5)6/h7-9,12H,1-6H3,(H,16,17). The molecule has 0 radical (unpaired) electrons. The van der Waals surface area contributed by atoms with Crippen molar-refractivity contribution in [2.24, 2.45) is 0 Å². The summed E-state index contributed by atoms with van der Waals surface area (Å²) in [5.74, 6) is 0.635. The quantitative estimate of drug-likeness (QED) is 0.894. The number of hydrogen-bond donors (Lipinski definition) is 1. The molecule has 3 nitrogen and oxygen atoms in total. The van der Waals surface area contributed by atoms with Crippen molar-refractivity contribution in [3.63, 3.8) is 0 Å². The minimum Gasteiger partial charge on any atom is -0.481 e. The molecule has 0 bridgehead atoms. The molecule has 0 spiro atoms. The number of rotatable bonds is 3. The van der Waals surface area contributed by atoms with Crippen LogP contribution in [-0.4, -0.2) is 17.6 Å². The third kappa shape index (κ3) is 4.40. The highest BCUT2D eigenvalue weighted by Gasteiger charge is 2.20. The molecule has 0 aromatic heterocycles. The Morgan fingerprint density at radius 2 is 1.83 bits per heavy atom. The zero-order valence-corrected chi connectivity index (χ0v) is 12.1. The molecule has 1 rings (SSSR count). The molecule has 100 valence electrons. The summed E-state index contributed by atoms with van der Waals surface area (Å²) in [5, 5.41) is 2.90. The molecule has 0 aliphatic rings. The maximum Gasteiger partial charge on any atom is 0.261 e. The lowest BCUT2D eigenvalue weighted by Gasteiger charge is -2.23. The molecule has 0 saturated heterocycles. The van der Waals surface area contributed by atoms with Crippen LogP contribution in [0.1, 0.15) is 38.8 Å². The Morgan fingerprint density at radius 1 is 1.22 bits per heavy atom. The average Bonchev–Trinajstić information content (AvgIpc) is 2.21. The summed E-state index contributed by atoms with van der Waals surface area (Å²) in [6, 6.07) is 5.85. The van der Waals surface area contributed by atoms with Gasteiger partial charge in [-0.1, -0.05) is 6.07 Å². The van der Waals surface area contributed by atoms with E-state index in [1.165, 1.54) is 5.56 Å². The van der Waals surface area contributed by atoms with Crippen LogP contribution in [0.15, 0.2) is 18.2 Å². The third-order valence-electron chi connectivity index (χ3n) is 2.66. The van der Waals surface area contributed by atoms with Crippen molar-refractivity contribution in [3.8, 4) is 5.75 Å². The van der Waals surface area contributed by atoms with Gasteiger partial charge in [0.05, 0.1) is 0 Å². The molecule has 1 aromatic carbocycles. The SMILES string of the molecule is Cc1ccc(OC(C)C(=O)NC(C)(C)C)cc1C. The van der Waals surface area contributed by atoms with E-state index in [0.29, 0.717) is 0 Å². The second kappa shape index (κ2) is 5.42. The van der Waals surface area contributed by atoms with E-state index in [0.717, 1.165) is 11.3 Å². The summed E-state index contributed by atoms with van der Waals surface area (Å²) < 4.78 is 5.65. The lowest BCUT2D eigenvalue weighted by atomic mass is 10.1. The number of carbonyl (C=O) groups excluding carboxylic acids is 1. The van der Waals surface area contributed by atoms with Gasteiger partial charge < -0.3 is 10.1 Å². The molecule has 0 aliphatic heterocycles. The molecule has 3 heteroatoms. The molecular weight excluding hydrogens is 226 g/mol. The summed E-state index contributed by atoms with van der Waals surface area (Å²) in [5.41, 5.74) is 2.14.